The minimum Gasteiger partial charge on any atom is -0.460 e. The Bertz CT molecular complexity index is 591. The zero-order valence-electron chi connectivity index (χ0n) is 9.77. The minimum absolute atomic E-state index is 0.000420. The largest absolute Gasteiger partial charge is 0.460 e. The van der Waals surface area contributed by atoms with Crippen LogP contribution >= 0.6 is 11.6 Å². The molecule has 0 aromatic heterocycles. The average molecular weight is 291 g/mol. The average Bonchev–Trinajstić information content (AvgIpc) is 2.27. The molecule has 0 aliphatic heterocycles. The van der Waals surface area contributed by atoms with Crippen LogP contribution in [0.3, 0.4) is 0 Å². The van der Waals surface area contributed by atoms with E-state index in [1.807, 2.05) is 0 Å². The molecule has 0 bridgehead atoms. The Morgan fingerprint density at radius 3 is 2.44 bits per heavy atom. The number of esters is 1. The summed E-state index contributed by atoms with van der Waals surface area (Å²) in [4.78, 5) is 22.9. The third-order valence-corrected chi connectivity index (χ3v) is 3.51. The molecule has 0 radical (unpaired) electrons. The SMILES string of the molecule is CCOC(=O)C(=O)c1cc(S(C)(=O)=O)ccc1Cl. The van der Waals surface area contributed by atoms with Crippen molar-refractivity contribution in [1.29, 1.82) is 0 Å². The van der Waals surface area contributed by atoms with Gasteiger partial charge in [0.25, 0.3) is 5.78 Å². The number of ether oxygens (including phenoxy) is 1. The first kappa shape index (κ1) is 14.7. The molecule has 7 heteroatoms. The second-order valence-electron chi connectivity index (χ2n) is 3.46. The lowest BCUT2D eigenvalue weighted by molar-refractivity contribution is -0.137. The van der Waals surface area contributed by atoms with Crippen molar-refractivity contribution in [2.24, 2.45) is 0 Å². The van der Waals surface area contributed by atoms with Gasteiger partial charge in [-0.2, -0.15) is 0 Å². The first-order valence-electron chi connectivity index (χ1n) is 4.98. The molecule has 5 nitrogen and oxygen atoms in total. The molecule has 0 aliphatic carbocycles. The Hall–Kier alpha value is -1.40. The van der Waals surface area contributed by atoms with E-state index < -0.39 is 21.6 Å². The summed E-state index contributed by atoms with van der Waals surface area (Å²) in [5.74, 6) is -2.03. The van der Waals surface area contributed by atoms with Gasteiger partial charge in [-0.3, -0.25) is 4.79 Å². The van der Waals surface area contributed by atoms with Crippen LogP contribution in [0, 0.1) is 0 Å². The van der Waals surface area contributed by atoms with Crippen molar-refractivity contribution < 1.29 is 22.7 Å². The highest BCUT2D eigenvalue weighted by Gasteiger charge is 2.22. The van der Waals surface area contributed by atoms with E-state index in [0.717, 1.165) is 12.3 Å². The second-order valence-corrected chi connectivity index (χ2v) is 5.89. The Balaban J connectivity index is 3.24. The van der Waals surface area contributed by atoms with Gasteiger partial charge in [-0.15, -0.1) is 0 Å². The molecule has 1 aromatic carbocycles. The quantitative estimate of drug-likeness (QED) is 0.477. The van der Waals surface area contributed by atoms with E-state index in [0.29, 0.717) is 0 Å². The van der Waals surface area contributed by atoms with E-state index in [-0.39, 0.29) is 22.1 Å². The van der Waals surface area contributed by atoms with Gasteiger partial charge in [-0.1, -0.05) is 11.6 Å². The van der Waals surface area contributed by atoms with Crippen LogP contribution in [0.4, 0.5) is 0 Å². The van der Waals surface area contributed by atoms with Gasteiger partial charge in [-0.05, 0) is 25.1 Å². The van der Waals surface area contributed by atoms with Crippen LogP contribution in [0.1, 0.15) is 17.3 Å². The molecule has 0 unspecified atom stereocenters. The summed E-state index contributed by atoms with van der Waals surface area (Å²) >= 11 is 5.76. The monoisotopic (exact) mass is 290 g/mol. The van der Waals surface area contributed by atoms with Gasteiger partial charge < -0.3 is 4.74 Å². The Kier molecular flexibility index (Phi) is 4.48. The molecule has 1 aromatic rings. The van der Waals surface area contributed by atoms with Crippen LogP contribution in [0.15, 0.2) is 23.1 Å². The predicted molar refractivity (Wildman–Crippen MR) is 65.5 cm³/mol. The summed E-state index contributed by atoms with van der Waals surface area (Å²) in [6, 6.07) is 3.58. The van der Waals surface area contributed by atoms with Crippen molar-refractivity contribution in [1.82, 2.24) is 0 Å². The molecule has 0 fully saturated rings. The van der Waals surface area contributed by atoms with Crippen molar-refractivity contribution in [2.45, 2.75) is 11.8 Å². The molecule has 0 amide bonds. The normalized spacial score (nSPS) is 11.1. The van der Waals surface area contributed by atoms with Crippen molar-refractivity contribution in [3.63, 3.8) is 0 Å². The predicted octanol–water partition coefficient (Wildman–Crippen LogP) is 1.49. The summed E-state index contributed by atoms with van der Waals surface area (Å²) in [5.41, 5.74) is -0.182. The van der Waals surface area contributed by atoms with E-state index in [9.17, 15) is 18.0 Å². The highest BCUT2D eigenvalue weighted by molar-refractivity contribution is 7.90. The Morgan fingerprint density at radius 1 is 1.33 bits per heavy atom. The standard InChI is InChI=1S/C11H11ClO5S/c1-3-17-11(14)10(13)8-6-7(18(2,15)16)4-5-9(8)12/h4-6H,3H2,1-2H3. The van der Waals surface area contributed by atoms with Gasteiger partial charge in [0, 0.05) is 11.8 Å². The Morgan fingerprint density at radius 2 is 1.94 bits per heavy atom. The van der Waals surface area contributed by atoms with Crippen LogP contribution in [-0.4, -0.2) is 33.0 Å². The third-order valence-electron chi connectivity index (χ3n) is 2.07. The molecule has 0 aliphatic rings. The Labute approximate surface area is 110 Å². The molecule has 18 heavy (non-hydrogen) atoms. The minimum atomic E-state index is -3.48. The van der Waals surface area contributed by atoms with Crippen LogP contribution in [0.5, 0.6) is 0 Å². The van der Waals surface area contributed by atoms with Crippen molar-refractivity contribution in [3.05, 3.63) is 28.8 Å². The lowest BCUT2D eigenvalue weighted by Crippen LogP contribution is -2.18. The maximum absolute atomic E-state index is 11.7. The van der Waals surface area contributed by atoms with Crippen molar-refractivity contribution in [3.8, 4) is 0 Å². The van der Waals surface area contributed by atoms with Gasteiger partial charge in [0.05, 0.1) is 16.5 Å². The van der Waals surface area contributed by atoms with Crippen LogP contribution in [0.25, 0.3) is 0 Å². The van der Waals surface area contributed by atoms with Crippen LogP contribution in [-0.2, 0) is 19.4 Å². The molecule has 98 valence electrons. The number of hydrogen-bond acceptors (Lipinski definition) is 5. The molecular weight excluding hydrogens is 280 g/mol. The number of benzene rings is 1. The lowest BCUT2D eigenvalue weighted by Gasteiger charge is -2.05. The highest BCUT2D eigenvalue weighted by atomic mass is 35.5. The number of carbonyl (C=O) groups excluding carboxylic acids is 2. The molecule has 0 N–H and O–H groups in total. The fraction of sp³-hybridized carbons (Fsp3) is 0.273. The smallest absolute Gasteiger partial charge is 0.379 e. The lowest BCUT2D eigenvalue weighted by atomic mass is 10.1. The summed E-state index contributed by atoms with van der Waals surface area (Å²) in [6.45, 7) is 1.60. The van der Waals surface area contributed by atoms with Gasteiger partial charge in [0.15, 0.2) is 9.84 Å². The van der Waals surface area contributed by atoms with E-state index >= 15 is 0 Å². The van der Waals surface area contributed by atoms with E-state index in [1.54, 1.807) is 6.92 Å². The molecule has 0 saturated carbocycles. The highest BCUT2D eigenvalue weighted by Crippen LogP contribution is 2.21. The van der Waals surface area contributed by atoms with Crippen molar-refractivity contribution in [2.75, 3.05) is 12.9 Å². The first-order chi connectivity index (χ1) is 8.27. The summed E-state index contributed by atoms with van der Waals surface area (Å²) < 4.78 is 27.2. The van der Waals surface area contributed by atoms with Gasteiger partial charge in [-0.25, -0.2) is 13.2 Å². The van der Waals surface area contributed by atoms with Crippen molar-refractivity contribution >= 4 is 33.2 Å². The number of carbonyl (C=O) groups is 2. The third kappa shape index (κ3) is 3.30. The topological polar surface area (TPSA) is 77.5 Å². The summed E-state index contributed by atoms with van der Waals surface area (Å²) in [5, 5.41) is 0.000420. The maximum atomic E-state index is 11.7. The van der Waals surface area contributed by atoms with Gasteiger partial charge >= 0.3 is 5.97 Å². The molecule has 1 rings (SSSR count). The number of halogens is 1. The van der Waals surface area contributed by atoms with E-state index in [1.165, 1.54) is 12.1 Å². The zero-order valence-corrected chi connectivity index (χ0v) is 11.3. The molecule has 0 atom stereocenters. The first-order valence-corrected chi connectivity index (χ1v) is 7.25. The number of ketones is 1. The summed E-state index contributed by atoms with van der Waals surface area (Å²) in [7, 11) is -3.48. The van der Waals surface area contributed by atoms with Crippen LogP contribution < -0.4 is 0 Å². The zero-order chi connectivity index (χ0) is 13.9. The fourth-order valence-corrected chi connectivity index (χ4v) is 2.07. The fourth-order valence-electron chi connectivity index (χ4n) is 1.22. The molecule has 0 spiro atoms. The van der Waals surface area contributed by atoms with Gasteiger partial charge in [0.1, 0.15) is 0 Å². The maximum Gasteiger partial charge on any atom is 0.379 e. The number of hydrogen-bond donors (Lipinski definition) is 0. The van der Waals surface area contributed by atoms with Gasteiger partial charge in [0.2, 0.25) is 0 Å². The molecule has 0 saturated heterocycles. The summed E-state index contributed by atoms with van der Waals surface area (Å²) in [6.07, 6.45) is 0.995. The van der Waals surface area contributed by atoms with E-state index in [2.05, 4.69) is 4.74 Å². The van der Waals surface area contributed by atoms with E-state index in [4.69, 9.17) is 11.6 Å². The molecular formula is C11H11ClO5S. The number of rotatable bonds is 4. The van der Waals surface area contributed by atoms with Crippen LogP contribution in [0.2, 0.25) is 5.02 Å². The second kappa shape index (κ2) is 5.49. The molecule has 0 heterocycles. The number of Topliss-reactive ketones (excluding diaryl/α,β-unsaturated/α-hetero) is 1. The number of sulfone groups is 1.